The maximum absolute atomic E-state index is 12.5. The summed E-state index contributed by atoms with van der Waals surface area (Å²) in [5, 5.41) is 3.25. The fourth-order valence-electron chi connectivity index (χ4n) is 1.25. The molecule has 8 nitrogen and oxygen atoms in total. The van der Waals surface area contributed by atoms with Crippen molar-refractivity contribution >= 4 is 22.2 Å². The lowest BCUT2D eigenvalue weighted by Crippen LogP contribution is -2.06. The number of ether oxygens (including phenoxy) is 1. The molecule has 0 saturated carbocycles. The summed E-state index contributed by atoms with van der Waals surface area (Å²) in [4.78, 5) is 13.8. The molecule has 19 heavy (non-hydrogen) atoms. The standard InChI is InChI=1S/C9H8FN3O5S/c1-5-7(12-13-11)3-6(9(14)17-2)4-8(5)18-19(10,15)16/h3-4H,1-2H3. The summed E-state index contributed by atoms with van der Waals surface area (Å²) in [7, 11) is -4.17. The predicted octanol–water partition coefficient (Wildman–Crippen LogP) is 2.32. The van der Waals surface area contributed by atoms with Crippen LogP contribution in [0, 0.1) is 6.92 Å². The molecule has 0 aliphatic heterocycles. The molecule has 0 N–H and O–H groups in total. The lowest BCUT2D eigenvalue weighted by molar-refractivity contribution is 0.0600. The molecular formula is C9H8FN3O5S. The molecule has 0 bridgehead atoms. The van der Waals surface area contributed by atoms with Gasteiger partial charge in [-0.3, -0.25) is 0 Å². The van der Waals surface area contributed by atoms with E-state index in [1.54, 1.807) is 0 Å². The molecule has 1 aromatic carbocycles. The van der Waals surface area contributed by atoms with Crippen molar-refractivity contribution in [1.29, 1.82) is 0 Å². The van der Waals surface area contributed by atoms with Gasteiger partial charge in [0.05, 0.1) is 12.7 Å². The average Bonchev–Trinajstić information content (AvgIpc) is 2.31. The van der Waals surface area contributed by atoms with Gasteiger partial charge in [0.25, 0.3) is 0 Å². The van der Waals surface area contributed by atoms with Crippen LogP contribution >= 0.6 is 0 Å². The van der Waals surface area contributed by atoms with Crippen LogP contribution in [0.3, 0.4) is 0 Å². The number of azide groups is 1. The zero-order valence-corrected chi connectivity index (χ0v) is 10.6. The molecule has 0 fully saturated rings. The van der Waals surface area contributed by atoms with Gasteiger partial charge in [-0.05, 0) is 24.6 Å². The van der Waals surface area contributed by atoms with Gasteiger partial charge in [0.1, 0.15) is 5.75 Å². The lowest BCUT2D eigenvalue weighted by atomic mass is 10.1. The highest BCUT2D eigenvalue weighted by atomic mass is 32.3. The van der Waals surface area contributed by atoms with Gasteiger partial charge in [-0.25, -0.2) is 4.79 Å². The maximum Gasteiger partial charge on any atom is 0.488 e. The third kappa shape index (κ3) is 3.83. The Morgan fingerprint density at radius 2 is 2.11 bits per heavy atom. The third-order valence-corrected chi connectivity index (χ3v) is 2.47. The zero-order valence-electron chi connectivity index (χ0n) is 9.82. The van der Waals surface area contributed by atoms with Crippen molar-refractivity contribution in [2.75, 3.05) is 7.11 Å². The molecular weight excluding hydrogens is 281 g/mol. The summed E-state index contributed by atoms with van der Waals surface area (Å²) in [5.41, 5.74) is 8.20. The molecule has 0 aliphatic rings. The number of methoxy groups -OCH3 is 1. The Bertz CT molecular complexity index is 667. The van der Waals surface area contributed by atoms with Gasteiger partial charge >= 0.3 is 16.5 Å². The third-order valence-electron chi connectivity index (χ3n) is 2.10. The molecule has 0 atom stereocenters. The van der Waals surface area contributed by atoms with Gasteiger partial charge in [-0.2, -0.15) is 8.42 Å². The number of hydrogen-bond acceptors (Lipinski definition) is 6. The number of nitrogens with zero attached hydrogens (tertiary/aromatic N) is 3. The Kier molecular flexibility index (Phi) is 4.30. The summed E-state index contributed by atoms with van der Waals surface area (Å²) in [6.45, 7) is 1.34. The van der Waals surface area contributed by atoms with Crippen LogP contribution in [0.2, 0.25) is 0 Å². The molecule has 0 amide bonds. The van der Waals surface area contributed by atoms with Crippen molar-refractivity contribution in [1.82, 2.24) is 0 Å². The minimum absolute atomic E-state index is 0.0617. The predicted molar refractivity (Wildman–Crippen MR) is 62.0 cm³/mol. The first kappa shape index (κ1) is 14.7. The van der Waals surface area contributed by atoms with Crippen molar-refractivity contribution in [3.63, 3.8) is 0 Å². The van der Waals surface area contributed by atoms with E-state index in [1.807, 2.05) is 0 Å². The molecule has 1 rings (SSSR count). The van der Waals surface area contributed by atoms with Crippen molar-refractivity contribution in [3.8, 4) is 5.75 Å². The van der Waals surface area contributed by atoms with E-state index >= 15 is 0 Å². The Labute approximate surface area is 107 Å². The highest BCUT2D eigenvalue weighted by molar-refractivity contribution is 7.81. The molecule has 0 spiro atoms. The topological polar surface area (TPSA) is 118 Å². The molecule has 0 unspecified atom stereocenters. The monoisotopic (exact) mass is 289 g/mol. The molecule has 0 heterocycles. The minimum Gasteiger partial charge on any atom is -0.465 e. The summed E-state index contributed by atoms with van der Waals surface area (Å²) >= 11 is 0. The fourth-order valence-corrected chi connectivity index (χ4v) is 1.64. The summed E-state index contributed by atoms with van der Waals surface area (Å²) in [5.74, 6) is -1.29. The fraction of sp³-hybridized carbons (Fsp3) is 0.222. The summed E-state index contributed by atoms with van der Waals surface area (Å²) < 4.78 is 41.9. The number of carbonyl (C=O) groups excluding carboxylic acids is 1. The quantitative estimate of drug-likeness (QED) is 0.277. The zero-order chi connectivity index (χ0) is 14.6. The SMILES string of the molecule is COC(=O)c1cc(N=[N+]=[N-])c(C)c(OS(=O)(=O)F)c1. The molecule has 0 saturated heterocycles. The van der Waals surface area contributed by atoms with Crippen LogP contribution in [0.4, 0.5) is 9.57 Å². The number of halogens is 1. The normalized spacial score (nSPS) is 10.5. The van der Waals surface area contributed by atoms with Gasteiger partial charge in [0, 0.05) is 16.2 Å². The van der Waals surface area contributed by atoms with Gasteiger partial charge in [0.15, 0.2) is 0 Å². The van der Waals surface area contributed by atoms with E-state index < -0.39 is 22.2 Å². The lowest BCUT2D eigenvalue weighted by Gasteiger charge is -2.09. The number of rotatable bonds is 4. The second-order valence-corrected chi connectivity index (χ2v) is 4.23. The number of esters is 1. The second kappa shape index (κ2) is 5.55. The Balaban J connectivity index is 3.48. The highest BCUT2D eigenvalue weighted by Gasteiger charge is 2.18. The second-order valence-electron chi connectivity index (χ2n) is 3.28. The molecule has 102 valence electrons. The van der Waals surface area contributed by atoms with Crippen LogP contribution in [-0.4, -0.2) is 21.5 Å². The van der Waals surface area contributed by atoms with Crippen LogP contribution in [0.25, 0.3) is 10.4 Å². The Morgan fingerprint density at radius 3 is 2.58 bits per heavy atom. The van der Waals surface area contributed by atoms with E-state index in [-0.39, 0.29) is 16.8 Å². The first-order chi connectivity index (χ1) is 8.78. The number of carbonyl (C=O) groups is 1. The van der Waals surface area contributed by atoms with Crippen LogP contribution in [0.5, 0.6) is 5.75 Å². The first-order valence-corrected chi connectivity index (χ1v) is 6.01. The van der Waals surface area contributed by atoms with Crippen molar-refractivity contribution in [3.05, 3.63) is 33.7 Å². The van der Waals surface area contributed by atoms with Crippen LogP contribution in [0.15, 0.2) is 17.2 Å². The van der Waals surface area contributed by atoms with Gasteiger partial charge in [-0.15, -0.1) is 0 Å². The van der Waals surface area contributed by atoms with E-state index in [2.05, 4.69) is 18.9 Å². The molecule has 10 heteroatoms. The molecule has 0 radical (unpaired) electrons. The van der Waals surface area contributed by atoms with Crippen LogP contribution in [-0.2, 0) is 15.2 Å². The van der Waals surface area contributed by atoms with E-state index in [0.717, 1.165) is 13.2 Å². The van der Waals surface area contributed by atoms with E-state index in [1.165, 1.54) is 13.0 Å². The Morgan fingerprint density at radius 1 is 1.47 bits per heavy atom. The van der Waals surface area contributed by atoms with Crippen molar-refractivity contribution in [2.24, 2.45) is 5.11 Å². The average molecular weight is 289 g/mol. The number of hydrogen-bond donors (Lipinski definition) is 0. The smallest absolute Gasteiger partial charge is 0.465 e. The highest BCUT2D eigenvalue weighted by Crippen LogP contribution is 2.31. The minimum atomic E-state index is -5.27. The van der Waals surface area contributed by atoms with Crippen LogP contribution < -0.4 is 4.18 Å². The van der Waals surface area contributed by atoms with Gasteiger partial charge < -0.3 is 8.92 Å². The van der Waals surface area contributed by atoms with Gasteiger partial charge in [0.2, 0.25) is 0 Å². The Hall–Kier alpha value is -2.32. The summed E-state index contributed by atoms with van der Waals surface area (Å²) in [6.07, 6.45) is 0. The maximum atomic E-state index is 12.5. The molecule has 1 aromatic rings. The molecule has 0 aromatic heterocycles. The number of benzene rings is 1. The first-order valence-electron chi connectivity index (χ1n) is 4.70. The van der Waals surface area contributed by atoms with E-state index in [9.17, 15) is 17.1 Å². The van der Waals surface area contributed by atoms with E-state index in [0.29, 0.717) is 0 Å². The largest absolute Gasteiger partial charge is 0.488 e. The van der Waals surface area contributed by atoms with Crippen molar-refractivity contribution < 1.29 is 26.0 Å². The van der Waals surface area contributed by atoms with Crippen LogP contribution in [0.1, 0.15) is 15.9 Å². The molecule has 0 aliphatic carbocycles. The summed E-state index contributed by atoms with van der Waals surface area (Å²) in [6, 6.07) is 2.13. The van der Waals surface area contributed by atoms with E-state index in [4.69, 9.17) is 5.53 Å². The van der Waals surface area contributed by atoms with Gasteiger partial charge in [-0.1, -0.05) is 9.00 Å². The van der Waals surface area contributed by atoms with Crippen molar-refractivity contribution in [2.45, 2.75) is 6.92 Å².